The van der Waals surface area contributed by atoms with Gasteiger partial charge in [0, 0.05) is 18.7 Å². The van der Waals surface area contributed by atoms with E-state index in [1.54, 1.807) is 0 Å². The highest BCUT2D eigenvalue weighted by molar-refractivity contribution is 5.87. The van der Waals surface area contributed by atoms with Gasteiger partial charge in [-0.15, -0.1) is 0 Å². The molecule has 100 valence electrons. The summed E-state index contributed by atoms with van der Waals surface area (Å²) < 4.78 is 19.6. The molecule has 0 radical (unpaired) electrons. The molecule has 19 heavy (non-hydrogen) atoms. The number of aryl methyl sites for hydroxylation is 1. The van der Waals surface area contributed by atoms with Gasteiger partial charge in [-0.1, -0.05) is 0 Å². The van der Waals surface area contributed by atoms with Crippen LogP contribution in [0.4, 0.5) is 4.39 Å². The molecule has 0 atom stereocenters. The zero-order valence-corrected chi connectivity index (χ0v) is 10.2. The number of phenols is 1. The number of nitrogens with zero attached hydrogens (tertiary/aromatic N) is 2. The molecule has 1 aromatic heterocycles. The van der Waals surface area contributed by atoms with Crippen LogP contribution >= 0.6 is 0 Å². The van der Waals surface area contributed by atoms with Crippen molar-refractivity contribution >= 4 is 5.97 Å². The van der Waals surface area contributed by atoms with E-state index in [0.717, 1.165) is 12.1 Å². The first-order valence-electron chi connectivity index (χ1n) is 5.28. The van der Waals surface area contributed by atoms with E-state index in [-0.39, 0.29) is 28.5 Å². The second kappa shape index (κ2) is 4.60. The van der Waals surface area contributed by atoms with Gasteiger partial charge < -0.3 is 14.9 Å². The number of methoxy groups -OCH3 is 1. The Morgan fingerprint density at radius 2 is 2.11 bits per heavy atom. The Bertz CT molecular complexity index is 651. The van der Waals surface area contributed by atoms with Gasteiger partial charge in [0.15, 0.2) is 17.3 Å². The Balaban J connectivity index is 2.59. The van der Waals surface area contributed by atoms with Gasteiger partial charge in [-0.25, -0.2) is 9.18 Å². The van der Waals surface area contributed by atoms with E-state index < -0.39 is 11.8 Å². The fraction of sp³-hybridized carbons (Fsp3) is 0.167. The van der Waals surface area contributed by atoms with Gasteiger partial charge >= 0.3 is 5.97 Å². The predicted octanol–water partition coefficient (Wildman–Crippen LogP) is 1.64. The number of halogens is 1. The number of benzene rings is 1. The van der Waals surface area contributed by atoms with Crippen molar-refractivity contribution in [1.82, 2.24) is 9.78 Å². The Kier molecular flexibility index (Phi) is 3.12. The first-order valence-corrected chi connectivity index (χ1v) is 5.28. The summed E-state index contributed by atoms with van der Waals surface area (Å²) in [5.74, 6) is -2.18. The molecule has 1 aromatic carbocycles. The minimum Gasteiger partial charge on any atom is -0.507 e. The van der Waals surface area contributed by atoms with Crippen LogP contribution < -0.4 is 4.74 Å². The predicted molar refractivity (Wildman–Crippen MR) is 63.8 cm³/mol. The van der Waals surface area contributed by atoms with Crippen molar-refractivity contribution in [2.45, 2.75) is 0 Å². The largest absolute Gasteiger partial charge is 0.507 e. The third-order valence-corrected chi connectivity index (χ3v) is 2.65. The summed E-state index contributed by atoms with van der Waals surface area (Å²) in [6.07, 6.45) is 0. The summed E-state index contributed by atoms with van der Waals surface area (Å²) in [5.41, 5.74) is 0.241. The lowest BCUT2D eigenvalue weighted by Crippen LogP contribution is -1.99. The van der Waals surface area contributed by atoms with E-state index in [9.17, 15) is 14.3 Å². The van der Waals surface area contributed by atoms with Crippen LogP contribution in [0.3, 0.4) is 0 Å². The first-order chi connectivity index (χ1) is 8.93. The Labute approximate surface area is 107 Å². The molecule has 7 heteroatoms. The molecule has 0 aliphatic carbocycles. The normalized spacial score (nSPS) is 10.5. The summed E-state index contributed by atoms with van der Waals surface area (Å²) in [6.45, 7) is 0. The Morgan fingerprint density at radius 3 is 2.63 bits per heavy atom. The molecule has 0 fully saturated rings. The van der Waals surface area contributed by atoms with E-state index in [0.29, 0.717) is 0 Å². The summed E-state index contributed by atoms with van der Waals surface area (Å²) in [5, 5.41) is 22.4. The van der Waals surface area contributed by atoms with Gasteiger partial charge in [0.2, 0.25) is 0 Å². The highest BCUT2D eigenvalue weighted by Gasteiger charge is 2.17. The van der Waals surface area contributed by atoms with Crippen molar-refractivity contribution in [1.29, 1.82) is 0 Å². The molecule has 2 rings (SSSR count). The minimum absolute atomic E-state index is 0.0955. The third-order valence-electron chi connectivity index (χ3n) is 2.65. The molecular formula is C12H11FN2O4. The van der Waals surface area contributed by atoms with Crippen molar-refractivity contribution in [3.8, 4) is 22.8 Å². The number of carboxylic acids is 1. The van der Waals surface area contributed by atoms with E-state index >= 15 is 0 Å². The van der Waals surface area contributed by atoms with Gasteiger partial charge in [-0.05, 0) is 12.1 Å². The molecular weight excluding hydrogens is 255 g/mol. The average Bonchev–Trinajstić information content (AvgIpc) is 2.74. The van der Waals surface area contributed by atoms with Gasteiger partial charge in [0.1, 0.15) is 5.75 Å². The van der Waals surface area contributed by atoms with Crippen LogP contribution in [0.25, 0.3) is 11.3 Å². The fourth-order valence-electron chi connectivity index (χ4n) is 1.73. The number of phenolic OH excluding ortho intramolecular Hbond substituents is 1. The van der Waals surface area contributed by atoms with Gasteiger partial charge in [0.25, 0.3) is 0 Å². The smallest absolute Gasteiger partial charge is 0.356 e. The number of ether oxygens (including phenoxy) is 1. The monoisotopic (exact) mass is 266 g/mol. The summed E-state index contributed by atoms with van der Waals surface area (Å²) in [4.78, 5) is 10.8. The third kappa shape index (κ3) is 2.22. The standard InChI is InChI=1S/C12H11FN2O4/c1-15-9(4-8(14-15)12(17)18)6-3-7(13)11(19-2)5-10(6)16/h3-5,16H,1-2H3,(H,17,18). The van der Waals surface area contributed by atoms with E-state index in [1.807, 2.05) is 0 Å². The van der Waals surface area contributed by atoms with Crippen molar-refractivity contribution in [2.24, 2.45) is 7.05 Å². The molecule has 0 amide bonds. The molecule has 0 spiro atoms. The molecule has 2 aromatic rings. The topological polar surface area (TPSA) is 84.6 Å². The van der Waals surface area contributed by atoms with Crippen molar-refractivity contribution in [2.75, 3.05) is 7.11 Å². The number of carbonyl (C=O) groups is 1. The van der Waals surface area contributed by atoms with Crippen LogP contribution in [-0.4, -0.2) is 33.1 Å². The number of aromatic carboxylic acids is 1. The molecule has 2 N–H and O–H groups in total. The van der Waals surface area contributed by atoms with Crippen LogP contribution in [0.15, 0.2) is 18.2 Å². The van der Waals surface area contributed by atoms with Crippen LogP contribution in [-0.2, 0) is 7.05 Å². The van der Waals surface area contributed by atoms with Crippen molar-refractivity contribution in [3.05, 3.63) is 29.7 Å². The number of aromatic nitrogens is 2. The SMILES string of the molecule is COc1cc(O)c(-c2cc(C(=O)O)nn2C)cc1F. The lowest BCUT2D eigenvalue weighted by atomic mass is 10.1. The lowest BCUT2D eigenvalue weighted by Gasteiger charge is -2.08. The summed E-state index contributed by atoms with van der Waals surface area (Å²) >= 11 is 0. The van der Waals surface area contributed by atoms with Crippen molar-refractivity contribution < 1.29 is 24.1 Å². The molecule has 6 nitrogen and oxygen atoms in total. The van der Waals surface area contributed by atoms with Gasteiger partial charge in [0.05, 0.1) is 12.8 Å². The molecule has 0 unspecified atom stereocenters. The van der Waals surface area contributed by atoms with Crippen molar-refractivity contribution in [3.63, 3.8) is 0 Å². The van der Waals surface area contributed by atoms with Crippen LogP contribution in [0.1, 0.15) is 10.5 Å². The van der Waals surface area contributed by atoms with E-state index in [1.165, 1.54) is 24.9 Å². The van der Waals surface area contributed by atoms with Gasteiger partial charge in [-0.2, -0.15) is 5.10 Å². The van der Waals surface area contributed by atoms with Gasteiger partial charge in [-0.3, -0.25) is 4.68 Å². The molecule has 0 bridgehead atoms. The average molecular weight is 266 g/mol. The Morgan fingerprint density at radius 1 is 1.42 bits per heavy atom. The second-order valence-electron chi connectivity index (χ2n) is 3.85. The Hall–Kier alpha value is -2.57. The van der Waals surface area contributed by atoms with E-state index in [2.05, 4.69) is 5.10 Å². The molecule has 0 aliphatic heterocycles. The quantitative estimate of drug-likeness (QED) is 0.882. The fourth-order valence-corrected chi connectivity index (χ4v) is 1.73. The maximum Gasteiger partial charge on any atom is 0.356 e. The second-order valence-corrected chi connectivity index (χ2v) is 3.85. The maximum atomic E-state index is 13.6. The number of hydrogen-bond acceptors (Lipinski definition) is 4. The number of carboxylic acid groups (broad SMARTS) is 1. The number of aromatic hydroxyl groups is 1. The van der Waals surface area contributed by atoms with Crippen LogP contribution in [0.2, 0.25) is 0 Å². The lowest BCUT2D eigenvalue weighted by molar-refractivity contribution is 0.0689. The molecule has 0 aliphatic rings. The summed E-state index contributed by atoms with van der Waals surface area (Å²) in [6, 6.07) is 3.44. The zero-order valence-electron chi connectivity index (χ0n) is 10.2. The number of rotatable bonds is 3. The summed E-state index contributed by atoms with van der Waals surface area (Å²) in [7, 11) is 2.79. The van der Waals surface area contributed by atoms with Crippen LogP contribution in [0.5, 0.6) is 11.5 Å². The van der Waals surface area contributed by atoms with E-state index in [4.69, 9.17) is 9.84 Å². The molecule has 1 heterocycles. The molecule has 0 saturated carbocycles. The highest BCUT2D eigenvalue weighted by Crippen LogP contribution is 2.34. The zero-order chi connectivity index (χ0) is 14.2. The maximum absolute atomic E-state index is 13.6. The molecule has 0 saturated heterocycles. The highest BCUT2D eigenvalue weighted by atomic mass is 19.1. The minimum atomic E-state index is -1.20. The van der Waals surface area contributed by atoms with Crippen LogP contribution in [0, 0.1) is 5.82 Å². The number of hydrogen-bond donors (Lipinski definition) is 2. The first kappa shape index (κ1) is 12.9.